The van der Waals surface area contributed by atoms with Crippen molar-refractivity contribution >= 4 is 0 Å². The average molecular weight is 201 g/mol. The van der Waals surface area contributed by atoms with Crippen LogP contribution < -0.4 is 4.74 Å². The molecule has 0 aliphatic carbocycles. The molecule has 0 aromatic heterocycles. The molecule has 5 heteroatoms. The van der Waals surface area contributed by atoms with Gasteiger partial charge in [0.25, 0.3) is 0 Å². The third-order valence-corrected chi connectivity index (χ3v) is 1.79. The largest absolute Gasteiger partial charge is 0.505 e. The van der Waals surface area contributed by atoms with E-state index in [4.69, 9.17) is 15.1 Å². The molecule has 0 saturated heterocycles. The van der Waals surface area contributed by atoms with Crippen molar-refractivity contribution in [2.45, 2.75) is 6.54 Å². The topological polar surface area (TPSA) is 52.9 Å². The molecule has 0 amide bonds. The maximum Gasteiger partial charge on any atom is 0.173 e. The minimum Gasteiger partial charge on any atom is -0.505 e. The van der Waals surface area contributed by atoms with Crippen molar-refractivity contribution in [3.8, 4) is 11.5 Å². The smallest absolute Gasteiger partial charge is 0.173 e. The lowest BCUT2D eigenvalue weighted by atomic mass is 10.1. The third kappa shape index (κ3) is 2.12. The Kier molecular flexibility index (Phi) is 3.27. The molecule has 1 rings (SSSR count). The lowest BCUT2D eigenvalue weighted by molar-refractivity contribution is -0.0743. The van der Waals surface area contributed by atoms with Crippen LogP contribution in [0.1, 0.15) is 5.56 Å². The van der Waals surface area contributed by atoms with Gasteiger partial charge in [0.1, 0.15) is 5.75 Å². The molecule has 1 aromatic carbocycles. The van der Waals surface area contributed by atoms with Crippen molar-refractivity contribution in [3.05, 3.63) is 23.5 Å². The van der Waals surface area contributed by atoms with Crippen LogP contribution in [-0.4, -0.2) is 29.5 Å². The van der Waals surface area contributed by atoms with Gasteiger partial charge in [-0.2, -0.15) is 5.06 Å². The van der Waals surface area contributed by atoms with Gasteiger partial charge in [0.2, 0.25) is 0 Å². The van der Waals surface area contributed by atoms with E-state index in [1.54, 1.807) is 0 Å². The summed E-state index contributed by atoms with van der Waals surface area (Å²) in [7, 11) is 2.77. The molecule has 0 atom stereocenters. The molecule has 14 heavy (non-hydrogen) atoms. The average Bonchev–Trinajstić information content (AvgIpc) is 2.13. The summed E-state index contributed by atoms with van der Waals surface area (Å²) >= 11 is 0. The SMILES string of the molecule is COc1ccc(O)c(F)c1CN(C)O. The number of phenolic OH excluding ortho intramolecular Hbond substituents is 1. The fourth-order valence-electron chi connectivity index (χ4n) is 1.16. The molecular formula is C9H12FNO3. The van der Waals surface area contributed by atoms with Gasteiger partial charge in [-0.1, -0.05) is 0 Å². The Balaban J connectivity index is 3.14. The van der Waals surface area contributed by atoms with Crippen LogP contribution in [0.2, 0.25) is 0 Å². The monoisotopic (exact) mass is 201 g/mol. The Labute approximate surface area is 81.1 Å². The zero-order valence-electron chi connectivity index (χ0n) is 7.99. The van der Waals surface area contributed by atoms with Crippen LogP contribution >= 0.6 is 0 Å². The van der Waals surface area contributed by atoms with Gasteiger partial charge in [-0.15, -0.1) is 0 Å². The van der Waals surface area contributed by atoms with Gasteiger partial charge in [-0.25, -0.2) is 4.39 Å². The molecule has 2 N–H and O–H groups in total. The third-order valence-electron chi connectivity index (χ3n) is 1.79. The molecule has 0 radical (unpaired) electrons. The molecule has 0 bridgehead atoms. The van der Waals surface area contributed by atoms with Crippen LogP contribution in [0.25, 0.3) is 0 Å². The maximum atomic E-state index is 13.3. The summed E-state index contributed by atoms with van der Waals surface area (Å²) in [4.78, 5) is 0. The molecule has 0 spiro atoms. The van der Waals surface area contributed by atoms with Crippen molar-refractivity contribution < 1.29 is 19.4 Å². The van der Waals surface area contributed by atoms with Gasteiger partial charge in [0, 0.05) is 7.05 Å². The molecule has 78 valence electrons. The van der Waals surface area contributed by atoms with Crippen molar-refractivity contribution in [2.24, 2.45) is 0 Å². The highest BCUT2D eigenvalue weighted by Gasteiger charge is 2.14. The number of methoxy groups -OCH3 is 1. The molecule has 0 saturated carbocycles. The van der Waals surface area contributed by atoms with Crippen molar-refractivity contribution in [1.82, 2.24) is 5.06 Å². The molecular weight excluding hydrogens is 189 g/mol. The van der Waals surface area contributed by atoms with E-state index >= 15 is 0 Å². The van der Waals surface area contributed by atoms with Gasteiger partial charge < -0.3 is 15.1 Å². The van der Waals surface area contributed by atoms with E-state index in [2.05, 4.69) is 0 Å². The van der Waals surface area contributed by atoms with Gasteiger partial charge in [-0.3, -0.25) is 0 Å². The molecule has 0 aliphatic heterocycles. The Morgan fingerprint density at radius 1 is 1.50 bits per heavy atom. The second-order valence-electron chi connectivity index (χ2n) is 2.90. The maximum absolute atomic E-state index is 13.3. The number of ether oxygens (including phenoxy) is 1. The number of halogens is 1. The van der Waals surface area contributed by atoms with E-state index in [0.29, 0.717) is 5.75 Å². The highest BCUT2D eigenvalue weighted by molar-refractivity contribution is 5.41. The molecule has 0 heterocycles. The van der Waals surface area contributed by atoms with Gasteiger partial charge in [0.15, 0.2) is 11.6 Å². The van der Waals surface area contributed by atoms with Crippen LogP contribution in [0.4, 0.5) is 4.39 Å². The normalized spacial score (nSPS) is 10.6. The number of hydroxylamine groups is 2. The fourth-order valence-corrected chi connectivity index (χ4v) is 1.16. The Hall–Kier alpha value is -1.33. The number of hydrogen-bond donors (Lipinski definition) is 2. The van der Waals surface area contributed by atoms with E-state index in [1.807, 2.05) is 0 Å². The predicted molar refractivity (Wildman–Crippen MR) is 47.9 cm³/mol. The molecule has 0 fully saturated rings. The molecule has 0 aliphatic rings. The molecule has 1 aromatic rings. The lowest BCUT2D eigenvalue weighted by Gasteiger charge is -2.13. The van der Waals surface area contributed by atoms with E-state index in [9.17, 15) is 4.39 Å². The van der Waals surface area contributed by atoms with Gasteiger partial charge in [0.05, 0.1) is 19.2 Å². The van der Waals surface area contributed by atoms with Crippen LogP contribution in [0.3, 0.4) is 0 Å². The van der Waals surface area contributed by atoms with Crippen LogP contribution in [0.5, 0.6) is 11.5 Å². The Bertz CT molecular complexity index is 328. The number of rotatable bonds is 3. The van der Waals surface area contributed by atoms with Crippen LogP contribution in [-0.2, 0) is 6.54 Å². The summed E-state index contributed by atoms with van der Waals surface area (Å²) < 4.78 is 18.2. The van der Waals surface area contributed by atoms with E-state index in [-0.39, 0.29) is 12.1 Å². The number of phenols is 1. The first-order valence-electron chi connectivity index (χ1n) is 4.00. The second kappa shape index (κ2) is 4.26. The summed E-state index contributed by atoms with van der Waals surface area (Å²) in [6.45, 7) is -0.0522. The summed E-state index contributed by atoms with van der Waals surface area (Å²) in [5.74, 6) is -0.936. The van der Waals surface area contributed by atoms with E-state index in [1.165, 1.54) is 26.3 Å². The fraction of sp³-hybridized carbons (Fsp3) is 0.333. The van der Waals surface area contributed by atoms with Crippen molar-refractivity contribution in [3.63, 3.8) is 0 Å². The quantitative estimate of drug-likeness (QED) is 0.725. The van der Waals surface area contributed by atoms with Crippen LogP contribution in [0.15, 0.2) is 12.1 Å². The predicted octanol–water partition coefficient (Wildman–Crippen LogP) is 1.36. The first kappa shape index (κ1) is 10.7. The number of hydrogen-bond acceptors (Lipinski definition) is 4. The minimum absolute atomic E-state index is 0.0522. The van der Waals surface area contributed by atoms with Crippen molar-refractivity contribution in [1.29, 1.82) is 0 Å². The Morgan fingerprint density at radius 2 is 2.14 bits per heavy atom. The second-order valence-corrected chi connectivity index (χ2v) is 2.90. The zero-order valence-corrected chi connectivity index (χ0v) is 7.99. The summed E-state index contributed by atoms with van der Waals surface area (Å²) in [5, 5.41) is 18.9. The lowest BCUT2D eigenvalue weighted by Crippen LogP contribution is -2.13. The summed E-state index contributed by atoms with van der Waals surface area (Å²) in [6, 6.07) is 2.65. The minimum atomic E-state index is -0.773. The Morgan fingerprint density at radius 3 is 2.64 bits per heavy atom. The van der Waals surface area contributed by atoms with E-state index in [0.717, 1.165) is 5.06 Å². The highest BCUT2D eigenvalue weighted by atomic mass is 19.1. The first-order valence-corrected chi connectivity index (χ1v) is 4.00. The number of aromatic hydroxyl groups is 1. The highest BCUT2D eigenvalue weighted by Crippen LogP contribution is 2.28. The zero-order chi connectivity index (χ0) is 10.7. The van der Waals surface area contributed by atoms with Crippen molar-refractivity contribution in [2.75, 3.05) is 14.2 Å². The molecule has 0 unspecified atom stereocenters. The van der Waals surface area contributed by atoms with E-state index < -0.39 is 11.6 Å². The van der Waals surface area contributed by atoms with Gasteiger partial charge >= 0.3 is 0 Å². The standard InChI is InChI=1S/C9H12FNO3/c1-11(13)5-6-8(14-2)4-3-7(12)9(6)10/h3-4,12-13H,5H2,1-2H3. The summed E-state index contributed by atoms with van der Waals surface area (Å²) in [6.07, 6.45) is 0. The molecule has 4 nitrogen and oxygen atoms in total. The first-order chi connectivity index (χ1) is 6.56. The van der Waals surface area contributed by atoms with Crippen LogP contribution in [0, 0.1) is 5.82 Å². The number of nitrogens with zero attached hydrogens (tertiary/aromatic N) is 1. The number of benzene rings is 1. The van der Waals surface area contributed by atoms with Gasteiger partial charge in [-0.05, 0) is 12.1 Å². The summed E-state index contributed by atoms with van der Waals surface area (Å²) in [5.41, 5.74) is 0.123.